The summed E-state index contributed by atoms with van der Waals surface area (Å²) >= 11 is 0. The third-order valence-electron chi connectivity index (χ3n) is 6.31. The summed E-state index contributed by atoms with van der Waals surface area (Å²) < 4.78 is 5.50. The summed E-state index contributed by atoms with van der Waals surface area (Å²) in [6.45, 7) is 1.46. The molecule has 0 saturated carbocycles. The maximum atomic E-state index is 13.3. The molecule has 0 unspecified atom stereocenters. The fraction of sp³-hybridized carbons (Fsp3) is 0.192. The molecule has 1 fully saturated rings. The van der Waals surface area contributed by atoms with Crippen molar-refractivity contribution < 1.29 is 9.21 Å². The number of fused-ring (bicyclic) bond motifs is 1. The van der Waals surface area contributed by atoms with Crippen LogP contribution < -0.4 is 16.0 Å². The number of nitrogens with zero attached hydrogens (tertiary/aromatic N) is 7. The van der Waals surface area contributed by atoms with E-state index >= 15 is 0 Å². The number of nitrogens with one attached hydrogen (secondary N) is 1. The van der Waals surface area contributed by atoms with Gasteiger partial charge in [-0.25, -0.2) is 24.9 Å². The van der Waals surface area contributed by atoms with Crippen LogP contribution in [0.15, 0.2) is 71.9 Å². The average molecular weight is 494 g/mol. The first-order chi connectivity index (χ1) is 18.2. The number of carbonyl (C=O) groups excluding carboxylic acids is 1. The summed E-state index contributed by atoms with van der Waals surface area (Å²) in [5.74, 6) is 0.594. The van der Waals surface area contributed by atoms with E-state index in [0.29, 0.717) is 17.3 Å². The van der Waals surface area contributed by atoms with E-state index in [4.69, 9.17) is 10.2 Å². The molecule has 0 bridgehead atoms. The molecular weight excluding hydrogens is 470 g/mol. The Kier molecular flexibility index (Phi) is 5.85. The third-order valence-corrected chi connectivity index (χ3v) is 6.31. The SMILES string of the molecule is Nc1nc(-c2ncco2)c(-c2ccc3ncccc3c2)nc1C(=O)NC1CCN(c2ncccn2)CC1. The van der Waals surface area contributed by atoms with Gasteiger partial charge in [0.15, 0.2) is 17.2 Å². The van der Waals surface area contributed by atoms with Crippen LogP contribution in [0.4, 0.5) is 11.8 Å². The average Bonchev–Trinajstić information content (AvgIpc) is 3.48. The van der Waals surface area contributed by atoms with Gasteiger partial charge in [0.2, 0.25) is 11.8 Å². The number of pyridine rings is 1. The number of aromatic nitrogens is 6. The van der Waals surface area contributed by atoms with Crippen LogP contribution in [0.25, 0.3) is 33.7 Å². The Morgan fingerprint density at radius 1 is 0.946 bits per heavy atom. The van der Waals surface area contributed by atoms with Crippen molar-refractivity contribution in [3.05, 3.63) is 73.1 Å². The molecule has 0 spiro atoms. The van der Waals surface area contributed by atoms with E-state index < -0.39 is 0 Å². The number of anilines is 2. The molecule has 37 heavy (non-hydrogen) atoms. The van der Waals surface area contributed by atoms with Crippen molar-refractivity contribution in [3.63, 3.8) is 0 Å². The quantitative estimate of drug-likeness (QED) is 0.374. The number of amides is 1. The van der Waals surface area contributed by atoms with Gasteiger partial charge < -0.3 is 20.4 Å². The largest absolute Gasteiger partial charge is 0.443 e. The smallest absolute Gasteiger partial charge is 0.273 e. The topological polar surface area (TPSA) is 149 Å². The van der Waals surface area contributed by atoms with Gasteiger partial charge in [-0.1, -0.05) is 12.1 Å². The first-order valence-corrected chi connectivity index (χ1v) is 11.9. The van der Waals surface area contributed by atoms with E-state index in [-0.39, 0.29) is 29.4 Å². The molecule has 1 amide bonds. The van der Waals surface area contributed by atoms with Crippen LogP contribution in [0.1, 0.15) is 23.3 Å². The minimum atomic E-state index is -0.373. The van der Waals surface area contributed by atoms with E-state index in [9.17, 15) is 4.79 Å². The lowest BCUT2D eigenvalue weighted by Crippen LogP contribution is -2.45. The van der Waals surface area contributed by atoms with Crippen molar-refractivity contribution in [2.75, 3.05) is 23.7 Å². The number of piperidine rings is 1. The summed E-state index contributed by atoms with van der Waals surface area (Å²) in [5.41, 5.74) is 8.69. The Balaban J connectivity index is 1.28. The molecule has 5 aromatic rings. The number of nitrogens with two attached hydrogens (primary N) is 1. The summed E-state index contributed by atoms with van der Waals surface area (Å²) in [7, 11) is 0. The fourth-order valence-electron chi connectivity index (χ4n) is 4.46. The number of rotatable bonds is 5. The molecule has 6 rings (SSSR count). The lowest BCUT2D eigenvalue weighted by atomic mass is 10.0. The second-order valence-corrected chi connectivity index (χ2v) is 8.69. The maximum absolute atomic E-state index is 13.3. The van der Waals surface area contributed by atoms with E-state index in [2.05, 4.69) is 40.1 Å². The summed E-state index contributed by atoms with van der Waals surface area (Å²) in [4.78, 5) is 41.8. The van der Waals surface area contributed by atoms with Crippen LogP contribution in [0, 0.1) is 0 Å². The van der Waals surface area contributed by atoms with E-state index in [1.54, 1.807) is 24.7 Å². The highest BCUT2D eigenvalue weighted by Gasteiger charge is 2.26. The summed E-state index contributed by atoms with van der Waals surface area (Å²) in [5, 5.41) is 4.00. The zero-order valence-electron chi connectivity index (χ0n) is 19.8. The standard InChI is InChI=1S/C26H23N9O2/c27-23-22(24(36)32-18-6-12-35(13-7-18)26-30-9-2-10-31-26)33-20(21(34-23)25-29-11-14-37-25)17-4-5-19-16(15-17)3-1-8-28-19/h1-5,8-11,14-15,18H,6-7,12-13H2,(H2,27,34)(H,32,36). The maximum Gasteiger partial charge on any atom is 0.273 e. The monoisotopic (exact) mass is 493 g/mol. The van der Waals surface area contributed by atoms with Crippen molar-refractivity contribution in [2.45, 2.75) is 18.9 Å². The Bertz CT molecular complexity index is 1550. The van der Waals surface area contributed by atoms with Gasteiger partial charge in [0.25, 0.3) is 5.91 Å². The number of benzene rings is 1. The van der Waals surface area contributed by atoms with Crippen molar-refractivity contribution in [1.82, 2.24) is 35.2 Å². The predicted octanol–water partition coefficient (Wildman–Crippen LogP) is 3.12. The van der Waals surface area contributed by atoms with Crippen molar-refractivity contribution in [1.29, 1.82) is 0 Å². The predicted molar refractivity (Wildman–Crippen MR) is 137 cm³/mol. The highest BCUT2D eigenvalue weighted by molar-refractivity contribution is 5.98. The number of hydrogen-bond donors (Lipinski definition) is 2. The number of carbonyl (C=O) groups is 1. The van der Waals surface area contributed by atoms with Crippen LogP contribution in [0.5, 0.6) is 0 Å². The highest BCUT2D eigenvalue weighted by atomic mass is 16.3. The van der Waals surface area contributed by atoms with Gasteiger partial charge in [0.05, 0.1) is 11.7 Å². The molecule has 1 saturated heterocycles. The molecule has 1 aromatic carbocycles. The molecule has 11 nitrogen and oxygen atoms in total. The second kappa shape index (κ2) is 9.61. The van der Waals surface area contributed by atoms with Crippen molar-refractivity contribution in [3.8, 4) is 22.8 Å². The molecule has 5 heterocycles. The lowest BCUT2D eigenvalue weighted by molar-refractivity contribution is 0.0927. The van der Waals surface area contributed by atoms with Gasteiger partial charge in [-0.05, 0) is 37.1 Å². The van der Waals surface area contributed by atoms with Crippen molar-refractivity contribution >= 4 is 28.6 Å². The fourth-order valence-corrected chi connectivity index (χ4v) is 4.46. The van der Waals surface area contributed by atoms with Gasteiger partial charge in [0, 0.05) is 48.7 Å². The van der Waals surface area contributed by atoms with Crippen LogP contribution in [-0.2, 0) is 0 Å². The normalized spacial score (nSPS) is 14.1. The van der Waals surface area contributed by atoms with E-state index in [1.165, 1.54) is 12.5 Å². The summed E-state index contributed by atoms with van der Waals surface area (Å²) in [6.07, 6.45) is 9.66. The molecule has 11 heteroatoms. The first-order valence-electron chi connectivity index (χ1n) is 11.9. The second-order valence-electron chi connectivity index (χ2n) is 8.69. The summed E-state index contributed by atoms with van der Waals surface area (Å²) in [6, 6.07) is 11.3. The van der Waals surface area contributed by atoms with Crippen molar-refractivity contribution in [2.24, 2.45) is 0 Å². The molecule has 3 N–H and O–H groups in total. The number of oxazole rings is 1. The zero-order valence-corrected chi connectivity index (χ0v) is 19.8. The van der Waals surface area contributed by atoms with Gasteiger partial charge >= 0.3 is 0 Å². The molecule has 0 atom stereocenters. The Morgan fingerprint density at radius 2 is 1.76 bits per heavy atom. The van der Waals surface area contributed by atoms with E-state index in [1.807, 2.05) is 30.3 Å². The minimum absolute atomic E-state index is 0.00651. The lowest BCUT2D eigenvalue weighted by Gasteiger charge is -2.32. The molecular formula is C26H23N9O2. The van der Waals surface area contributed by atoms with Gasteiger partial charge in [0.1, 0.15) is 12.0 Å². The van der Waals surface area contributed by atoms with Crippen LogP contribution in [-0.4, -0.2) is 54.9 Å². The van der Waals surface area contributed by atoms with Crippen LogP contribution in [0.3, 0.4) is 0 Å². The Hall–Kier alpha value is -4.93. The Morgan fingerprint density at radius 3 is 2.54 bits per heavy atom. The van der Waals surface area contributed by atoms with Gasteiger partial charge in [-0.15, -0.1) is 0 Å². The molecule has 4 aromatic heterocycles. The highest BCUT2D eigenvalue weighted by Crippen LogP contribution is 2.31. The van der Waals surface area contributed by atoms with Crippen LogP contribution in [0.2, 0.25) is 0 Å². The number of nitrogen functional groups attached to an aromatic ring is 1. The van der Waals surface area contributed by atoms with Crippen LogP contribution >= 0.6 is 0 Å². The third kappa shape index (κ3) is 4.54. The van der Waals surface area contributed by atoms with E-state index in [0.717, 1.165) is 42.4 Å². The molecule has 1 aliphatic heterocycles. The Labute approximate surface area is 211 Å². The molecule has 184 valence electrons. The first kappa shape index (κ1) is 22.5. The molecule has 0 radical (unpaired) electrons. The molecule has 1 aliphatic rings. The minimum Gasteiger partial charge on any atom is -0.443 e. The van der Waals surface area contributed by atoms with Gasteiger partial charge in [-0.3, -0.25) is 9.78 Å². The van der Waals surface area contributed by atoms with Gasteiger partial charge in [-0.2, -0.15) is 0 Å². The zero-order chi connectivity index (χ0) is 25.2. The molecule has 0 aliphatic carbocycles. The number of hydrogen-bond acceptors (Lipinski definition) is 10.